The number of aromatic carboxylic acids is 1. The summed E-state index contributed by atoms with van der Waals surface area (Å²) in [6.45, 7) is 5.56. The second-order valence-corrected chi connectivity index (χ2v) is 6.01. The molecule has 1 aromatic carbocycles. The molecule has 1 heterocycles. The summed E-state index contributed by atoms with van der Waals surface area (Å²) in [7, 11) is 0. The zero-order chi connectivity index (χ0) is 16.0. The number of hydrogen-bond donors (Lipinski definition) is 1. The number of carbonyl (C=O) groups is 1. The van der Waals surface area contributed by atoms with Crippen molar-refractivity contribution in [2.75, 3.05) is 0 Å². The van der Waals surface area contributed by atoms with Crippen molar-refractivity contribution in [1.82, 2.24) is 4.57 Å². The topological polar surface area (TPSA) is 68.5 Å². The molecule has 1 N–H and O–H groups in total. The third kappa shape index (κ3) is 2.26. The Morgan fingerprint density at radius 3 is 2.59 bits per heavy atom. The molecule has 0 amide bonds. The van der Waals surface area contributed by atoms with Crippen molar-refractivity contribution in [1.29, 1.82) is 0 Å². The summed E-state index contributed by atoms with van der Waals surface area (Å²) in [5.74, 6) is -0.537. The van der Waals surface area contributed by atoms with E-state index in [1.807, 2.05) is 24.5 Å². The van der Waals surface area contributed by atoms with Gasteiger partial charge in [-0.1, -0.05) is 6.07 Å². The number of rotatable bonds is 4. The Kier molecular flexibility index (Phi) is 3.43. The van der Waals surface area contributed by atoms with Gasteiger partial charge in [0.1, 0.15) is 11.3 Å². The summed E-state index contributed by atoms with van der Waals surface area (Å²) in [6.07, 6.45) is 1.97. The Bertz CT molecular complexity index is 815. The second kappa shape index (κ2) is 5.16. The average molecular weight is 301 g/mol. The van der Waals surface area contributed by atoms with Crippen molar-refractivity contribution in [2.45, 2.75) is 45.8 Å². The molecule has 0 spiro atoms. The fourth-order valence-electron chi connectivity index (χ4n) is 2.93. The van der Waals surface area contributed by atoms with Crippen LogP contribution in [0.5, 0.6) is 5.75 Å². The first-order valence-electron chi connectivity index (χ1n) is 7.49. The first-order chi connectivity index (χ1) is 10.4. The lowest BCUT2D eigenvalue weighted by atomic mass is 10.1. The van der Waals surface area contributed by atoms with Crippen molar-refractivity contribution in [3.8, 4) is 5.75 Å². The van der Waals surface area contributed by atoms with Gasteiger partial charge in [-0.15, -0.1) is 0 Å². The lowest BCUT2D eigenvalue weighted by Crippen LogP contribution is -2.23. The Labute approximate surface area is 128 Å². The second-order valence-electron chi connectivity index (χ2n) is 6.01. The minimum absolute atomic E-state index is 0.0205. The van der Waals surface area contributed by atoms with E-state index in [1.165, 1.54) is 0 Å². The Hall–Kier alpha value is -2.30. The van der Waals surface area contributed by atoms with Crippen LogP contribution in [0.4, 0.5) is 0 Å². The summed E-state index contributed by atoms with van der Waals surface area (Å²) >= 11 is 0. The molecule has 1 aliphatic rings. The van der Waals surface area contributed by atoms with Gasteiger partial charge >= 0.3 is 5.97 Å². The molecule has 1 aliphatic carbocycles. The molecule has 0 radical (unpaired) electrons. The number of pyridine rings is 1. The Morgan fingerprint density at radius 1 is 1.36 bits per heavy atom. The van der Waals surface area contributed by atoms with Gasteiger partial charge in [-0.25, -0.2) is 4.79 Å². The number of fused-ring (bicyclic) bond motifs is 1. The number of aromatic nitrogens is 1. The van der Waals surface area contributed by atoms with Crippen LogP contribution in [-0.4, -0.2) is 21.7 Å². The Morgan fingerprint density at radius 2 is 2.05 bits per heavy atom. The maximum atomic E-state index is 12.6. The molecule has 5 heteroatoms. The molecule has 1 fully saturated rings. The normalized spacial score (nSPS) is 14.5. The molecule has 2 aromatic rings. The number of benzene rings is 1. The van der Waals surface area contributed by atoms with Crippen LogP contribution in [0.2, 0.25) is 0 Å². The number of para-hydroxylation sites is 1. The highest BCUT2D eigenvalue weighted by molar-refractivity contribution is 5.95. The number of hydrogen-bond acceptors (Lipinski definition) is 3. The van der Waals surface area contributed by atoms with Gasteiger partial charge in [0.25, 0.3) is 0 Å². The molecule has 22 heavy (non-hydrogen) atoms. The van der Waals surface area contributed by atoms with E-state index in [-0.39, 0.29) is 17.7 Å². The van der Waals surface area contributed by atoms with Crippen LogP contribution in [-0.2, 0) is 0 Å². The monoisotopic (exact) mass is 301 g/mol. The van der Waals surface area contributed by atoms with Crippen LogP contribution >= 0.6 is 0 Å². The highest BCUT2D eigenvalue weighted by atomic mass is 16.5. The van der Waals surface area contributed by atoms with E-state index < -0.39 is 11.4 Å². The lowest BCUT2D eigenvalue weighted by Gasteiger charge is -2.20. The van der Waals surface area contributed by atoms with Gasteiger partial charge in [0.05, 0.1) is 17.0 Å². The molecule has 5 nitrogen and oxygen atoms in total. The largest absolute Gasteiger partial charge is 0.489 e. The molecule has 3 rings (SSSR count). The molecule has 0 aliphatic heterocycles. The van der Waals surface area contributed by atoms with Crippen LogP contribution in [0.25, 0.3) is 10.9 Å². The van der Waals surface area contributed by atoms with Crippen LogP contribution in [0.1, 0.15) is 48.8 Å². The smallest absolute Gasteiger partial charge is 0.341 e. The first-order valence-corrected chi connectivity index (χ1v) is 7.49. The van der Waals surface area contributed by atoms with Gasteiger partial charge in [-0.2, -0.15) is 0 Å². The predicted molar refractivity (Wildman–Crippen MR) is 83.9 cm³/mol. The molecule has 0 saturated heterocycles. The highest BCUT2D eigenvalue weighted by Crippen LogP contribution is 2.40. The summed E-state index contributed by atoms with van der Waals surface area (Å²) in [5, 5.41) is 9.81. The summed E-state index contributed by atoms with van der Waals surface area (Å²) < 4.78 is 7.82. The number of carboxylic acids is 1. The van der Waals surface area contributed by atoms with Gasteiger partial charge in [-0.3, -0.25) is 4.79 Å². The van der Waals surface area contributed by atoms with Crippen molar-refractivity contribution in [3.63, 3.8) is 0 Å². The summed E-state index contributed by atoms with van der Waals surface area (Å²) in [6, 6.07) is 5.49. The standard InChI is InChI=1S/C17H19NO4/c1-9(2)22-13-6-4-5-12-15(13)18(11-7-8-11)10(3)14(16(12)19)17(20)21/h4-6,9,11H,7-8H2,1-3H3,(H,20,21). The Balaban J connectivity index is 2.43. The quantitative estimate of drug-likeness (QED) is 0.942. The summed E-state index contributed by atoms with van der Waals surface area (Å²) in [5.41, 5.74) is 0.644. The molecule has 1 saturated carbocycles. The predicted octanol–water partition coefficient (Wildman–Crippen LogP) is 3.13. The third-order valence-electron chi connectivity index (χ3n) is 3.92. The molecule has 116 valence electrons. The molecule has 0 bridgehead atoms. The molecule has 1 aromatic heterocycles. The zero-order valence-electron chi connectivity index (χ0n) is 12.9. The van der Waals surface area contributed by atoms with E-state index in [0.29, 0.717) is 22.3 Å². The van der Waals surface area contributed by atoms with Crippen molar-refractivity contribution < 1.29 is 14.6 Å². The maximum Gasteiger partial charge on any atom is 0.341 e. The summed E-state index contributed by atoms with van der Waals surface area (Å²) in [4.78, 5) is 24.1. The third-order valence-corrected chi connectivity index (χ3v) is 3.92. The fraction of sp³-hybridized carbons (Fsp3) is 0.412. The molecule has 0 atom stereocenters. The number of ether oxygens (including phenoxy) is 1. The van der Waals surface area contributed by atoms with E-state index in [4.69, 9.17) is 4.74 Å². The van der Waals surface area contributed by atoms with E-state index in [0.717, 1.165) is 12.8 Å². The first kappa shape index (κ1) is 14.6. The molecular formula is C17H19NO4. The SMILES string of the molecule is Cc1c(C(=O)O)c(=O)c2cccc(OC(C)C)c2n1C1CC1. The van der Waals surface area contributed by atoms with Crippen molar-refractivity contribution in [3.05, 3.63) is 39.7 Å². The van der Waals surface area contributed by atoms with Crippen molar-refractivity contribution in [2.24, 2.45) is 0 Å². The fourth-order valence-corrected chi connectivity index (χ4v) is 2.93. The van der Waals surface area contributed by atoms with Crippen LogP contribution in [0.15, 0.2) is 23.0 Å². The van der Waals surface area contributed by atoms with Gasteiger partial charge in [-0.05, 0) is 45.7 Å². The van der Waals surface area contributed by atoms with Crippen LogP contribution in [0, 0.1) is 6.92 Å². The molecule has 0 unspecified atom stereocenters. The van der Waals surface area contributed by atoms with E-state index in [9.17, 15) is 14.7 Å². The minimum atomic E-state index is -1.17. The number of carboxylic acid groups (broad SMARTS) is 1. The van der Waals surface area contributed by atoms with Crippen LogP contribution in [0.3, 0.4) is 0 Å². The minimum Gasteiger partial charge on any atom is -0.489 e. The van der Waals surface area contributed by atoms with Gasteiger partial charge < -0.3 is 14.4 Å². The van der Waals surface area contributed by atoms with Gasteiger partial charge in [0.15, 0.2) is 0 Å². The van der Waals surface area contributed by atoms with E-state index in [1.54, 1.807) is 19.1 Å². The number of nitrogens with zero attached hydrogens (tertiary/aromatic N) is 1. The van der Waals surface area contributed by atoms with Crippen LogP contribution < -0.4 is 10.2 Å². The zero-order valence-corrected chi connectivity index (χ0v) is 12.9. The lowest BCUT2D eigenvalue weighted by molar-refractivity contribution is 0.0694. The van der Waals surface area contributed by atoms with Crippen molar-refractivity contribution >= 4 is 16.9 Å². The molecular weight excluding hydrogens is 282 g/mol. The average Bonchev–Trinajstić information content (AvgIpc) is 3.23. The highest BCUT2D eigenvalue weighted by Gasteiger charge is 2.30. The van der Waals surface area contributed by atoms with Gasteiger partial charge in [0.2, 0.25) is 5.43 Å². The van der Waals surface area contributed by atoms with Gasteiger partial charge in [0, 0.05) is 11.7 Å². The van der Waals surface area contributed by atoms with E-state index >= 15 is 0 Å². The maximum absolute atomic E-state index is 12.6. The van der Waals surface area contributed by atoms with E-state index in [2.05, 4.69) is 0 Å².